The Bertz CT molecular complexity index is 613. The lowest BCUT2D eigenvalue weighted by Crippen LogP contribution is -1.98. The van der Waals surface area contributed by atoms with Gasteiger partial charge in [0.1, 0.15) is 5.75 Å². The van der Waals surface area contributed by atoms with Gasteiger partial charge < -0.3 is 5.11 Å². The van der Waals surface area contributed by atoms with Gasteiger partial charge in [-0.1, -0.05) is 24.3 Å². The number of hydrogen-bond donors (Lipinski definition) is 3. The molecule has 19 heavy (non-hydrogen) atoms. The number of aromatic hydroxyl groups is 1. The molecule has 0 spiro atoms. The maximum Gasteiger partial charge on any atom is 0.116 e. The van der Waals surface area contributed by atoms with Crippen LogP contribution in [0.5, 0.6) is 5.75 Å². The lowest BCUT2D eigenvalue weighted by Gasteiger charge is -2.27. The minimum atomic E-state index is -2.67. The van der Waals surface area contributed by atoms with E-state index in [1.807, 2.05) is 24.3 Å². The van der Waals surface area contributed by atoms with Crippen LogP contribution in [0.3, 0.4) is 0 Å². The molecule has 0 aliphatic carbocycles. The Hall–Kier alpha value is -1.14. The van der Waals surface area contributed by atoms with Crippen molar-refractivity contribution in [1.82, 2.24) is 0 Å². The van der Waals surface area contributed by atoms with Crippen LogP contribution in [-0.2, 0) is 0 Å². The summed E-state index contributed by atoms with van der Waals surface area (Å²) in [5.41, 5.74) is 0.982. The average Bonchev–Trinajstić information content (AvgIpc) is 2.62. The van der Waals surface area contributed by atoms with Crippen LogP contribution in [0, 0.1) is 0 Å². The van der Waals surface area contributed by atoms with Crippen molar-refractivity contribution in [3.63, 3.8) is 0 Å². The number of phenolic OH excluding ortho intramolecular Hbond substituents is 1. The van der Waals surface area contributed by atoms with Crippen molar-refractivity contribution < 1.29 is 14.2 Å². The van der Waals surface area contributed by atoms with Crippen LogP contribution in [0.2, 0.25) is 0 Å². The highest BCUT2D eigenvalue weighted by molar-refractivity contribution is 8.25. The molecule has 2 aromatic rings. The van der Waals surface area contributed by atoms with Gasteiger partial charge in [-0.3, -0.25) is 9.11 Å². The van der Waals surface area contributed by atoms with Crippen molar-refractivity contribution in [3.05, 3.63) is 54.1 Å². The standard InChI is InChI=1S/C14H14O3S2/c15-10-4-3-5-11(8-10)18-13-9-19(16,17)14-7-2-1-6-12(13)14/h1-8,13,15-17H,9H2. The molecule has 1 atom stereocenters. The molecule has 100 valence electrons. The van der Waals surface area contributed by atoms with Gasteiger partial charge in [-0.05, 0) is 29.8 Å². The quantitative estimate of drug-likeness (QED) is 0.770. The Labute approximate surface area is 117 Å². The van der Waals surface area contributed by atoms with E-state index in [9.17, 15) is 14.2 Å². The smallest absolute Gasteiger partial charge is 0.116 e. The summed E-state index contributed by atoms with van der Waals surface area (Å²) in [6.45, 7) is 0. The fourth-order valence-electron chi connectivity index (χ4n) is 2.25. The topological polar surface area (TPSA) is 60.7 Å². The molecule has 0 aromatic heterocycles. The van der Waals surface area contributed by atoms with E-state index in [0.717, 1.165) is 10.5 Å². The van der Waals surface area contributed by atoms with Gasteiger partial charge >= 0.3 is 0 Å². The van der Waals surface area contributed by atoms with Crippen molar-refractivity contribution in [1.29, 1.82) is 0 Å². The minimum absolute atomic E-state index is 0.0167. The van der Waals surface area contributed by atoms with E-state index >= 15 is 0 Å². The highest BCUT2D eigenvalue weighted by Gasteiger charge is 2.35. The normalized spacial score (nSPS) is 21.9. The van der Waals surface area contributed by atoms with Crippen molar-refractivity contribution in [3.8, 4) is 5.75 Å². The van der Waals surface area contributed by atoms with Gasteiger partial charge in [0.15, 0.2) is 0 Å². The summed E-state index contributed by atoms with van der Waals surface area (Å²) in [4.78, 5) is 1.59. The Morgan fingerprint density at radius 2 is 1.84 bits per heavy atom. The molecule has 1 unspecified atom stereocenters. The maximum absolute atomic E-state index is 10.1. The first kappa shape index (κ1) is 12.9. The van der Waals surface area contributed by atoms with Gasteiger partial charge in [0.25, 0.3) is 0 Å². The van der Waals surface area contributed by atoms with Crippen LogP contribution in [0.1, 0.15) is 10.8 Å². The van der Waals surface area contributed by atoms with E-state index in [2.05, 4.69) is 0 Å². The minimum Gasteiger partial charge on any atom is -0.508 e. The third-order valence-electron chi connectivity index (χ3n) is 3.10. The molecule has 3 rings (SSSR count). The first-order valence-electron chi connectivity index (χ1n) is 5.87. The van der Waals surface area contributed by atoms with Gasteiger partial charge in [0.05, 0.1) is 15.9 Å². The predicted octanol–water partition coefficient (Wildman–Crippen LogP) is 4.35. The monoisotopic (exact) mass is 294 g/mol. The zero-order chi connectivity index (χ0) is 13.5. The third kappa shape index (κ3) is 2.47. The molecule has 3 nitrogen and oxygen atoms in total. The fraction of sp³-hybridized carbons (Fsp3) is 0.143. The predicted molar refractivity (Wildman–Crippen MR) is 79.1 cm³/mol. The lowest BCUT2D eigenvalue weighted by atomic mass is 10.2. The van der Waals surface area contributed by atoms with Crippen LogP contribution in [0.15, 0.2) is 58.3 Å². The summed E-state index contributed by atoms with van der Waals surface area (Å²) in [6, 6.07) is 14.5. The molecule has 0 saturated carbocycles. The number of phenols is 1. The van der Waals surface area contributed by atoms with Crippen LogP contribution in [0.25, 0.3) is 0 Å². The SMILES string of the molecule is Oc1cccc(SC2CS(O)(O)c3ccccc32)c1. The van der Waals surface area contributed by atoms with E-state index in [4.69, 9.17) is 0 Å². The molecule has 0 radical (unpaired) electrons. The highest BCUT2D eigenvalue weighted by atomic mass is 32.3. The van der Waals surface area contributed by atoms with E-state index in [0.29, 0.717) is 10.6 Å². The summed E-state index contributed by atoms with van der Waals surface area (Å²) in [7, 11) is -2.67. The number of hydrogen-bond acceptors (Lipinski definition) is 4. The number of benzene rings is 2. The number of rotatable bonds is 2. The molecule has 3 N–H and O–H groups in total. The highest BCUT2D eigenvalue weighted by Crippen LogP contribution is 2.62. The second-order valence-electron chi connectivity index (χ2n) is 4.48. The largest absolute Gasteiger partial charge is 0.508 e. The lowest BCUT2D eigenvalue weighted by molar-refractivity contribution is 0.474. The van der Waals surface area contributed by atoms with E-state index in [1.54, 1.807) is 36.0 Å². The van der Waals surface area contributed by atoms with E-state index < -0.39 is 10.6 Å². The van der Waals surface area contributed by atoms with Crippen LogP contribution >= 0.6 is 22.4 Å². The molecular weight excluding hydrogens is 280 g/mol. The van der Waals surface area contributed by atoms with Crippen LogP contribution in [0.4, 0.5) is 0 Å². The van der Waals surface area contributed by atoms with Crippen molar-refractivity contribution in [2.24, 2.45) is 0 Å². The molecule has 5 heteroatoms. The Morgan fingerprint density at radius 3 is 2.63 bits per heavy atom. The van der Waals surface area contributed by atoms with E-state index in [1.165, 1.54) is 0 Å². The van der Waals surface area contributed by atoms with E-state index in [-0.39, 0.29) is 11.0 Å². The molecule has 1 aliphatic heterocycles. The van der Waals surface area contributed by atoms with Gasteiger partial charge in [-0.25, -0.2) is 0 Å². The second-order valence-corrected chi connectivity index (χ2v) is 7.86. The van der Waals surface area contributed by atoms with Gasteiger partial charge in [0, 0.05) is 4.90 Å². The summed E-state index contributed by atoms with van der Waals surface area (Å²) < 4.78 is 20.3. The molecule has 1 aliphatic rings. The maximum atomic E-state index is 10.1. The Morgan fingerprint density at radius 1 is 1.05 bits per heavy atom. The van der Waals surface area contributed by atoms with Crippen molar-refractivity contribution in [2.75, 3.05) is 5.75 Å². The molecule has 0 bridgehead atoms. The average molecular weight is 294 g/mol. The molecule has 0 amide bonds. The molecular formula is C14H14O3S2. The summed E-state index contributed by atoms with van der Waals surface area (Å²) >= 11 is 1.55. The van der Waals surface area contributed by atoms with Crippen LogP contribution in [-0.4, -0.2) is 20.0 Å². The van der Waals surface area contributed by atoms with Crippen LogP contribution < -0.4 is 0 Å². The summed E-state index contributed by atoms with van der Waals surface area (Å²) in [6.07, 6.45) is 0. The van der Waals surface area contributed by atoms with Crippen molar-refractivity contribution in [2.45, 2.75) is 15.0 Å². The Kier molecular flexibility index (Phi) is 3.22. The second kappa shape index (κ2) is 4.76. The first-order chi connectivity index (χ1) is 9.06. The van der Waals surface area contributed by atoms with Gasteiger partial charge in [-0.15, -0.1) is 11.8 Å². The zero-order valence-corrected chi connectivity index (χ0v) is 11.7. The van der Waals surface area contributed by atoms with Crippen molar-refractivity contribution >= 4 is 22.4 Å². The summed E-state index contributed by atoms with van der Waals surface area (Å²) in [5, 5.41) is 9.49. The molecule has 0 fully saturated rings. The third-order valence-corrected chi connectivity index (χ3v) is 6.41. The molecule has 1 heterocycles. The number of thioether (sulfide) groups is 1. The van der Waals surface area contributed by atoms with Gasteiger partial charge in [-0.2, -0.15) is 10.6 Å². The molecule has 2 aromatic carbocycles. The van der Waals surface area contributed by atoms with Gasteiger partial charge in [0.2, 0.25) is 0 Å². The first-order valence-corrected chi connectivity index (χ1v) is 8.46. The fourth-order valence-corrected chi connectivity index (χ4v) is 5.84. The molecule has 0 saturated heterocycles. The number of fused-ring (bicyclic) bond motifs is 1. The zero-order valence-electron chi connectivity index (χ0n) is 10.1. The Balaban J connectivity index is 1.92. The summed E-state index contributed by atoms with van der Waals surface area (Å²) in [5.74, 6) is 0.565.